The highest BCUT2D eigenvalue weighted by molar-refractivity contribution is 7.98. The zero-order valence-electron chi connectivity index (χ0n) is 18.2. The van der Waals surface area contributed by atoms with E-state index in [-0.39, 0.29) is 5.69 Å². The van der Waals surface area contributed by atoms with Crippen molar-refractivity contribution >= 4 is 58.4 Å². The molecule has 0 fully saturated rings. The summed E-state index contributed by atoms with van der Waals surface area (Å²) in [6, 6.07) is 11.4. The van der Waals surface area contributed by atoms with E-state index in [1.165, 1.54) is 7.11 Å². The highest BCUT2D eigenvalue weighted by Gasteiger charge is 2.27. The van der Waals surface area contributed by atoms with Gasteiger partial charge in [0.05, 0.1) is 23.5 Å². The Morgan fingerprint density at radius 1 is 1.12 bits per heavy atom. The van der Waals surface area contributed by atoms with Crippen LogP contribution >= 0.6 is 46.6 Å². The number of aromatic nitrogens is 2. The van der Waals surface area contributed by atoms with Crippen LogP contribution in [0.25, 0.3) is 16.9 Å². The number of nitrogens with zero attached hydrogens (tertiary/aromatic N) is 2. The van der Waals surface area contributed by atoms with Crippen molar-refractivity contribution in [3.8, 4) is 16.9 Å². The van der Waals surface area contributed by atoms with Gasteiger partial charge in [-0.3, -0.25) is 4.79 Å². The Bertz CT molecular complexity index is 1170. The van der Waals surface area contributed by atoms with Gasteiger partial charge in [0.15, 0.2) is 5.69 Å². The molecule has 1 aromatic heterocycles. The number of hydrogen-bond donors (Lipinski definition) is 1. The Hall–Kier alpha value is -2.19. The van der Waals surface area contributed by atoms with E-state index in [9.17, 15) is 9.59 Å². The highest BCUT2D eigenvalue weighted by Crippen LogP contribution is 2.33. The van der Waals surface area contributed by atoms with Crippen molar-refractivity contribution in [1.82, 2.24) is 15.1 Å². The van der Waals surface area contributed by atoms with Crippen molar-refractivity contribution in [1.29, 1.82) is 0 Å². The van der Waals surface area contributed by atoms with Crippen LogP contribution in [0.3, 0.4) is 0 Å². The van der Waals surface area contributed by atoms with Gasteiger partial charge in [0.25, 0.3) is 5.91 Å². The van der Waals surface area contributed by atoms with Gasteiger partial charge in [-0.15, -0.1) is 0 Å². The quantitative estimate of drug-likeness (QED) is 0.374. The van der Waals surface area contributed by atoms with Crippen LogP contribution in [-0.4, -0.2) is 46.8 Å². The molecule has 174 valence electrons. The van der Waals surface area contributed by atoms with E-state index in [1.54, 1.807) is 53.7 Å². The third-order valence-corrected chi connectivity index (χ3v) is 6.43. The number of benzene rings is 2. The third-order valence-electron chi connectivity index (χ3n) is 4.99. The highest BCUT2D eigenvalue weighted by atomic mass is 35.5. The number of halogens is 3. The Morgan fingerprint density at radius 2 is 1.79 bits per heavy atom. The summed E-state index contributed by atoms with van der Waals surface area (Å²) in [7, 11) is 1.29. The van der Waals surface area contributed by atoms with Crippen LogP contribution in [0.2, 0.25) is 15.1 Å². The number of amides is 1. The molecule has 1 amide bonds. The number of thioether (sulfide) groups is 1. The van der Waals surface area contributed by atoms with Crippen molar-refractivity contribution in [2.75, 3.05) is 19.1 Å². The molecule has 0 spiro atoms. The minimum atomic E-state index is -0.780. The number of hydrogen-bond acceptors (Lipinski definition) is 5. The predicted octanol–water partition coefficient (Wildman–Crippen LogP) is 5.83. The molecule has 0 aliphatic heterocycles. The second-order valence-corrected chi connectivity index (χ2v) is 9.43. The van der Waals surface area contributed by atoms with Gasteiger partial charge in [0.1, 0.15) is 6.04 Å². The summed E-state index contributed by atoms with van der Waals surface area (Å²) in [4.78, 5) is 25.4. The standard InChI is InChI=1S/C23H22Cl3N3O3S/c1-13-20(22(30)27-18(10-11-33-3)23(31)32-2)28-29(19-9-8-16(25)12-17(19)26)21(13)14-4-6-15(24)7-5-14/h4-9,12,18H,10-11H2,1-3H3,(H,27,30)/t18-/m0/s1. The molecule has 10 heteroatoms. The largest absolute Gasteiger partial charge is 0.467 e. The summed E-state index contributed by atoms with van der Waals surface area (Å²) >= 11 is 20.2. The number of rotatable bonds is 8. The zero-order valence-corrected chi connectivity index (χ0v) is 21.3. The van der Waals surface area contributed by atoms with E-state index in [0.29, 0.717) is 44.2 Å². The fourth-order valence-electron chi connectivity index (χ4n) is 3.34. The molecule has 0 aliphatic carbocycles. The summed E-state index contributed by atoms with van der Waals surface area (Å²) in [5.41, 5.74) is 2.81. The van der Waals surface area contributed by atoms with Gasteiger partial charge < -0.3 is 10.1 Å². The van der Waals surface area contributed by atoms with Crippen LogP contribution in [0, 0.1) is 6.92 Å². The van der Waals surface area contributed by atoms with Crippen LogP contribution in [0.5, 0.6) is 0 Å². The lowest BCUT2D eigenvalue weighted by Crippen LogP contribution is -2.42. The third kappa shape index (κ3) is 5.84. The first-order chi connectivity index (χ1) is 15.8. The molecular formula is C23H22Cl3N3O3S. The minimum Gasteiger partial charge on any atom is -0.467 e. The van der Waals surface area contributed by atoms with Crippen LogP contribution in [0.4, 0.5) is 0 Å². The van der Waals surface area contributed by atoms with Gasteiger partial charge in [0, 0.05) is 21.2 Å². The molecule has 0 bridgehead atoms. The van der Waals surface area contributed by atoms with Gasteiger partial charge in [0.2, 0.25) is 0 Å². The first-order valence-electron chi connectivity index (χ1n) is 9.95. The van der Waals surface area contributed by atoms with E-state index in [2.05, 4.69) is 10.4 Å². The maximum atomic E-state index is 13.2. The van der Waals surface area contributed by atoms with E-state index >= 15 is 0 Å². The molecule has 0 aliphatic rings. The molecule has 1 atom stereocenters. The number of carbonyl (C=O) groups excluding carboxylic acids is 2. The summed E-state index contributed by atoms with van der Waals surface area (Å²) in [5, 5.41) is 8.77. The van der Waals surface area contributed by atoms with Crippen LogP contribution in [0.15, 0.2) is 42.5 Å². The van der Waals surface area contributed by atoms with Crippen LogP contribution in [-0.2, 0) is 9.53 Å². The van der Waals surface area contributed by atoms with Crippen LogP contribution in [0.1, 0.15) is 22.5 Å². The van der Waals surface area contributed by atoms with Gasteiger partial charge in [-0.25, -0.2) is 9.48 Å². The molecule has 1 heterocycles. The smallest absolute Gasteiger partial charge is 0.328 e. The summed E-state index contributed by atoms with van der Waals surface area (Å²) in [6.07, 6.45) is 2.36. The second-order valence-electron chi connectivity index (χ2n) is 7.17. The molecule has 6 nitrogen and oxygen atoms in total. The summed E-state index contributed by atoms with van der Waals surface area (Å²) < 4.78 is 6.45. The molecule has 33 heavy (non-hydrogen) atoms. The number of carbonyl (C=O) groups is 2. The minimum absolute atomic E-state index is 0.170. The zero-order chi connectivity index (χ0) is 24.1. The Labute approximate surface area is 211 Å². The molecule has 0 radical (unpaired) electrons. The van der Waals surface area contributed by atoms with Crippen LogP contribution < -0.4 is 5.32 Å². The SMILES string of the molecule is COC(=O)[C@H](CCSC)NC(=O)c1nn(-c2ccc(Cl)cc2Cl)c(-c2ccc(Cl)cc2)c1C. The molecular weight excluding hydrogens is 505 g/mol. The molecule has 1 N–H and O–H groups in total. The van der Waals surface area contributed by atoms with Gasteiger partial charge >= 0.3 is 5.97 Å². The van der Waals surface area contributed by atoms with E-state index < -0.39 is 17.9 Å². The first-order valence-corrected chi connectivity index (χ1v) is 12.5. The lowest BCUT2D eigenvalue weighted by Gasteiger charge is -2.15. The Morgan fingerprint density at radius 3 is 2.39 bits per heavy atom. The number of ether oxygens (including phenoxy) is 1. The Kier molecular flexibility index (Phi) is 8.70. The molecule has 3 aromatic rings. The monoisotopic (exact) mass is 525 g/mol. The van der Waals surface area contributed by atoms with Crippen molar-refractivity contribution in [3.63, 3.8) is 0 Å². The maximum Gasteiger partial charge on any atom is 0.328 e. The topological polar surface area (TPSA) is 73.2 Å². The number of esters is 1. The normalized spacial score (nSPS) is 11.8. The van der Waals surface area contributed by atoms with Crippen molar-refractivity contribution in [2.45, 2.75) is 19.4 Å². The van der Waals surface area contributed by atoms with E-state index in [4.69, 9.17) is 39.5 Å². The van der Waals surface area contributed by atoms with Gasteiger partial charge in [-0.05, 0) is 55.7 Å². The molecule has 0 saturated carbocycles. The fraction of sp³-hybridized carbons (Fsp3) is 0.261. The van der Waals surface area contributed by atoms with Crippen molar-refractivity contribution in [2.24, 2.45) is 0 Å². The van der Waals surface area contributed by atoms with Crippen molar-refractivity contribution < 1.29 is 14.3 Å². The van der Waals surface area contributed by atoms with Gasteiger partial charge in [-0.2, -0.15) is 16.9 Å². The summed E-state index contributed by atoms with van der Waals surface area (Å²) in [6.45, 7) is 1.79. The molecule has 3 rings (SSSR count). The lowest BCUT2D eigenvalue weighted by molar-refractivity contribution is -0.142. The first kappa shape index (κ1) is 25.4. The van der Waals surface area contributed by atoms with Gasteiger partial charge in [-0.1, -0.05) is 46.9 Å². The average Bonchev–Trinajstić information content (AvgIpc) is 3.13. The Balaban J connectivity index is 2.10. The van der Waals surface area contributed by atoms with Crippen molar-refractivity contribution in [3.05, 3.63) is 68.8 Å². The second kappa shape index (κ2) is 11.3. The summed E-state index contributed by atoms with van der Waals surface area (Å²) in [5.74, 6) is -0.305. The number of methoxy groups -OCH3 is 1. The molecule has 2 aromatic carbocycles. The predicted molar refractivity (Wildman–Crippen MR) is 135 cm³/mol. The average molecular weight is 527 g/mol. The number of nitrogens with one attached hydrogen (secondary N) is 1. The molecule has 0 unspecified atom stereocenters. The van der Waals surface area contributed by atoms with E-state index in [1.807, 2.05) is 18.4 Å². The maximum absolute atomic E-state index is 13.2. The molecule has 0 saturated heterocycles. The van der Waals surface area contributed by atoms with E-state index in [0.717, 1.165) is 5.56 Å². The fourth-order valence-corrected chi connectivity index (χ4v) is 4.43. The lowest BCUT2D eigenvalue weighted by atomic mass is 10.1.